The highest BCUT2D eigenvalue weighted by Gasteiger charge is 2.40. The molecular formula is C19H29N3O3. The second-order valence-electron chi connectivity index (χ2n) is 6.67. The molecule has 0 heterocycles. The zero-order chi connectivity index (χ0) is 18.3. The topological polar surface area (TPSA) is 79.5 Å². The van der Waals surface area contributed by atoms with Gasteiger partial charge >= 0.3 is 6.03 Å². The predicted molar refractivity (Wildman–Crippen MR) is 97.8 cm³/mol. The number of hydrogen-bond donors (Lipinski definition) is 3. The van der Waals surface area contributed by atoms with Crippen LogP contribution < -0.4 is 20.7 Å². The number of benzene rings is 1. The van der Waals surface area contributed by atoms with Gasteiger partial charge < -0.3 is 20.7 Å². The van der Waals surface area contributed by atoms with E-state index >= 15 is 0 Å². The van der Waals surface area contributed by atoms with Gasteiger partial charge in [-0.25, -0.2) is 4.79 Å². The van der Waals surface area contributed by atoms with Crippen LogP contribution >= 0.6 is 0 Å². The number of likely N-dealkylation sites (N-methyl/N-ethyl adjacent to an activating group) is 1. The number of amides is 3. The molecule has 0 aromatic heterocycles. The summed E-state index contributed by atoms with van der Waals surface area (Å²) in [5, 5.41) is 8.35. The molecule has 25 heavy (non-hydrogen) atoms. The van der Waals surface area contributed by atoms with E-state index in [4.69, 9.17) is 4.74 Å². The summed E-state index contributed by atoms with van der Waals surface area (Å²) in [4.78, 5) is 24.5. The van der Waals surface area contributed by atoms with Crippen LogP contribution in [0.3, 0.4) is 0 Å². The van der Waals surface area contributed by atoms with Crippen molar-refractivity contribution < 1.29 is 14.3 Å². The van der Waals surface area contributed by atoms with Crippen LogP contribution in [0.25, 0.3) is 0 Å². The highest BCUT2D eigenvalue weighted by atomic mass is 16.5. The van der Waals surface area contributed by atoms with E-state index in [2.05, 4.69) is 16.0 Å². The molecule has 0 aliphatic heterocycles. The summed E-state index contributed by atoms with van der Waals surface area (Å²) in [6, 6.07) is 5.67. The summed E-state index contributed by atoms with van der Waals surface area (Å²) >= 11 is 0. The molecule has 0 atom stereocenters. The van der Waals surface area contributed by atoms with E-state index in [9.17, 15) is 9.59 Å². The standard InChI is InChI=1S/C19H29N3O3/c1-14-8-7-9-15(2)16(14)25-13-12-21-18(24)22-19(17(23)20-3)10-5-4-6-11-19/h7-9H,4-6,10-13H2,1-3H3,(H,20,23)(H2,21,22,24). The van der Waals surface area contributed by atoms with Gasteiger partial charge in [-0.15, -0.1) is 0 Å². The van der Waals surface area contributed by atoms with Crippen molar-refractivity contribution >= 4 is 11.9 Å². The number of para-hydroxylation sites is 1. The van der Waals surface area contributed by atoms with Crippen LogP contribution in [0.2, 0.25) is 0 Å². The van der Waals surface area contributed by atoms with Crippen molar-refractivity contribution in [3.05, 3.63) is 29.3 Å². The van der Waals surface area contributed by atoms with Crippen LogP contribution in [-0.4, -0.2) is 37.7 Å². The van der Waals surface area contributed by atoms with Gasteiger partial charge in [-0.2, -0.15) is 0 Å². The average molecular weight is 347 g/mol. The van der Waals surface area contributed by atoms with Crippen molar-refractivity contribution in [3.63, 3.8) is 0 Å². The first-order chi connectivity index (χ1) is 12.0. The van der Waals surface area contributed by atoms with Gasteiger partial charge in [0.05, 0.1) is 6.54 Å². The first-order valence-corrected chi connectivity index (χ1v) is 8.96. The molecule has 2 rings (SSSR count). The normalized spacial score (nSPS) is 16.0. The Labute approximate surface area is 149 Å². The number of hydrogen-bond acceptors (Lipinski definition) is 3. The third-order valence-corrected chi connectivity index (χ3v) is 4.76. The first-order valence-electron chi connectivity index (χ1n) is 8.96. The maximum Gasteiger partial charge on any atom is 0.315 e. The van der Waals surface area contributed by atoms with Crippen LogP contribution in [0.1, 0.15) is 43.2 Å². The van der Waals surface area contributed by atoms with Gasteiger partial charge in [-0.05, 0) is 37.8 Å². The molecule has 1 aliphatic rings. The molecule has 0 spiro atoms. The Morgan fingerprint density at radius 3 is 2.36 bits per heavy atom. The minimum Gasteiger partial charge on any atom is -0.491 e. The van der Waals surface area contributed by atoms with Gasteiger partial charge in [0.2, 0.25) is 5.91 Å². The second-order valence-corrected chi connectivity index (χ2v) is 6.67. The monoisotopic (exact) mass is 347 g/mol. The Morgan fingerprint density at radius 2 is 1.76 bits per heavy atom. The van der Waals surface area contributed by atoms with Gasteiger partial charge in [-0.1, -0.05) is 37.5 Å². The Kier molecular flexibility index (Phi) is 6.67. The summed E-state index contributed by atoms with van der Waals surface area (Å²) in [5.74, 6) is 0.743. The zero-order valence-corrected chi connectivity index (χ0v) is 15.4. The number of carbonyl (C=O) groups is 2. The number of urea groups is 1. The van der Waals surface area contributed by atoms with Gasteiger partial charge in [0.1, 0.15) is 17.9 Å². The van der Waals surface area contributed by atoms with Crippen molar-refractivity contribution in [2.75, 3.05) is 20.2 Å². The summed E-state index contributed by atoms with van der Waals surface area (Å²) in [6.07, 6.45) is 4.36. The molecular weight excluding hydrogens is 318 g/mol. The molecule has 0 unspecified atom stereocenters. The van der Waals surface area contributed by atoms with Gasteiger partial charge in [0.25, 0.3) is 0 Å². The fraction of sp³-hybridized carbons (Fsp3) is 0.579. The molecule has 1 aliphatic carbocycles. The average Bonchev–Trinajstić information content (AvgIpc) is 2.60. The van der Waals surface area contributed by atoms with Crippen LogP contribution in [0.4, 0.5) is 4.79 Å². The smallest absolute Gasteiger partial charge is 0.315 e. The Morgan fingerprint density at radius 1 is 1.12 bits per heavy atom. The van der Waals surface area contributed by atoms with Crippen molar-refractivity contribution in [1.29, 1.82) is 0 Å². The van der Waals surface area contributed by atoms with E-state index in [-0.39, 0.29) is 11.9 Å². The first kappa shape index (κ1) is 19.1. The Hall–Kier alpha value is -2.24. The summed E-state index contributed by atoms with van der Waals surface area (Å²) in [7, 11) is 1.61. The van der Waals surface area contributed by atoms with E-state index in [1.54, 1.807) is 7.05 Å². The Balaban J connectivity index is 1.82. The summed E-state index contributed by atoms with van der Waals surface area (Å²) in [6.45, 7) is 4.76. The second kappa shape index (κ2) is 8.74. The van der Waals surface area contributed by atoms with E-state index in [0.29, 0.717) is 26.0 Å². The predicted octanol–water partition coefficient (Wildman–Crippen LogP) is 2.43. The molecule has 6 nitrogen and oxygen atoms in total. The Bertz CT molecular complexity index is 590. The molecule has 0 bridgehead atoms. The molecule has 1 fully saturated rings. The molecule has 3 amide bonds. The van der Waals surface area contributed by atoms with Crippen molar-refractivity contribution in [1.82, 2.24) is 16.0 Å². The lowest BCUT2D eigenvalue weighted by Crippen LogP contribution is -2.61. The largest absolute Gasteiger partial charge is 0.491 e. The van der Waals surface area contributed by atoms with Crippen LogP contribution in [0.15, 0.2) is 18.2 Å². The minimum absolute atomic E-state index is 0.117. The van der Waals surface area contributed by atoms with Crippen molar-refractivity contribution in [2.45, 2.75) is 51.5 Å². The molecule has 6 heteroatoms. The highest BCUT2D eigenvalue weighted by molar-refractivity contribution is 5.91. The number of nitrogens with one attached hydrogen (secondary N) is 3. The van der Waals surface area contributed by atoms with Gasteiger partial charge in [-0.3, -0.25) is 4.79 Å². The molecule has 0 radical (unpaired) electrons. The third kappa shape index (κ3) is 4.87. The third-order valence-electron chi connectivity index (χ3n) is 4.76. The number of aryl methyl sites for hydroxylation is 2. The molecule has 138 valence electrons. The van der Waals surface area contributed by atoms with E-state index in [1.165, 1.54) is 0 Å². The van der Waals surface area contributed by atoms with E-state index in [1.807, 2.05) is 32.0 Å². The molecule has 3 N–H and O–H groups in total. The molecule has 1 aromatic carbocycles. The lowest BCUT2D eigenvalue weighted by atomic mass is 9.81. The number of ether oxygens (including phenoxy) is 1. The maximum absolute atomic E-state index is 12.2. The van der Waals surface area contributed by atoms with E-state index in [0.717, 1.165) is 36.1 Å². The molecule has 1 saturated carbocycles. The fourth-order valence-corrected chi connectivity index (χ4v) is 3.41. The highest BCUT2D eigenvalue weighted by Crippen LogP contribution is 2.28. The quantitative estimate of drug-likeness (QED) is 0.692. The molecule has 1 aromatic rings. The maximum atomic E-state index is 12.2. The van der Waals surface area contributed by atoms with Crippen molar-refractivity contribution in [2.24, 2.45) is 0 Å². The van der Waals surface area contributed by atoms with Gasteiger partial charge in [0.15, 0.2) is 0 Å². The van der Waals surface area contributed by atoms with Crippen LogP contribution in [0, 0.1) is 13.8 Å². The number of rotatable bonds is 6. The molecule has 0 saturated heterocycles. The van der Waals surface area contributed by atoms with Crippen molar-refractivity contribution in [3.8, 4) is 5.75 Å². The summed E-state index contributed by atoms with van der Waals surface area (Å²) in [5.41, 5.74) is 1.36. The van der Waals surface area contributed by atoms with Crippen LogP contribution in [-0.2, 0) is 4.79 Å². The van der Waals surface area contributed by atoms with Crippen LogP contribution in [0.5, 0.6) is 5.75 Å². The summed E-state index contributed by atoms with van der Waals surface area (Å²) < 4.78 is 5.78. The zero-order valence-electron chi connectivity index (χ0n) is 15.4. The lowest BCUT2D eigenvalue weighted by Gasteiger charge is -2.36. The minimum atomic E-state index is -0.787. The van der Waals surface area contributed by atoms with Gasteiger partial charge in [0, 0.05) is 7.05 Å². The number of carbonyl (C=O) groups excluding carboxylic acids is 2. The van der Waals surface area contributed by atoms with E-state index < -0.39 is 5.54 Å². The SMILES string of the molecule is CNC(=O)C1(NC(=O)NCCOc2c(C)cccc2C)CCCCC1. The lowest BCUT2D eigenvalue weighted by molar-refractivity contribution is -0.128. The fourth-order valence-electron chi connectivity index (χ4n) is 3.41.